The molecule has 0 unspecified atom stereocenters. The number of urea groups is 1. The Balaban J connectivity index is 2.85. The predicted octanol–water partition coefficient (Wildman–Crippen LogP) is -0.907. The maximum atomic E-state index is 11.9. The van der Waals surface area contributed by atoms with E-state index in [0.717, 1.165) is 0 Å². The van der Waals surface area contributed by atoms with Crippen LogP contribution in [0, 0.1) is 0 Å². The van der Waals surface area contributed by atoms with Gasteiger partial charge in [0.1, 0.15) is 0 Å². The molecule has 0 atom stereocenters. The van der Waals surface area contributed by atoms with E-state index >= 15 is 0 Å². The standard InChI is InChI=1S/C7H18B2N4O2/c1-10(2)8-12(5)7(14)13(6)9(15-8)11(3)4/h1-6H3. The van der Waals surface area contributed by atoms with Crippen molar-refractivity contribution in [2.75, 3.05) is 42.3 Å². The zero-order valence-electron chi connectivity index (χ0n) is 10.3. The van der Waals surface area contributed by atoms with Crippen molar-refractivity contribution in [1.29, 1.82) is 0 Å². The van der Waals surface area contributed by atoms with Crippen molar-refractivity contribution in [2.45, 2.75) is 0 Å². The number of carbonyl (C=O) groups excluding carboxylic acids is 1. The minimum absolute atomic E-state index is 0.0429. The molecule has 2 amide bonds. The molecule has 1 aliphatic heterocycles. The molecule has 1 saturated heterocycles. The molecule has 84 valence electrons. The summed E-state index contributed by atoms with van der Waals surface area (Å²) in [5.41, 5.74) is 0. The Labute approximate surface area is 92.0 Å². The number of hydrogen-bond acceptors (Lipinski definition) is 4. The molecular weight excluding hydrogens is 194 g/mol. The van der Waals surface area contributed by atoms with Gasteiger partial charge in [-0.1, -0.05) is 0 Å². The van der Waals surface area contributed by atoms with Gasteiger partial charge in [0.15, 0.2) is 0 Å². The second-order valence-electron chi connectivity index (χ2n) is 4.22. The van der Waals surface area contributed by atoms with E-state index in [1.807, 2.05) is 37.8 Å². The summed E-state index contributed by atoms with van der Waals surface area (Å²) in [6.45, 7) is 0. The monoisotopic (exact) mass is 212 g/mol. The lowest BCUT2D eigenvalue weighted by atomic mass is 9.82. The normalized spacial score (nSPS) is 18.5. The minimum atomic E-state index is -0.318. The molecule has 6 nitrogen and oxygen atoms in total. The lowest BCUT2D eigenvalue weighted by Crippen LogP contribution is -2.69. The quantitative estimate of drug-likeness (QED) is 0.555. The summed E-state index contributed by atoms with van der Waals surface area (Å²) in [7, 11) is 10.4. The molecule has 0 spiro atoms. The first kappa shape index (κ1) is 12.3. The molecule has 1 fully saturated rings. The fourth-order valence-electron chi connectivity index (χ4n) is 1.67. The maximum Gasteiger partial charge on any atom is 0.503 e. The highest BCUT2D eigenvalue weighted by Crippen LogP contribution is 2.13. The molecule has 0 radical (unpaired) electrons. The fourth-order valence-corrected chi connectivity index (χ4v) is 1.67. The lowest BCUT2D eigenvalue weighted by molar-refractivity contribution is 0.181. The Morgan fingerprint density at radius 2 is 1.33 bits per heavy atom. The molecule has 8 heteroatoms. The van der Waals surface area contributed by atoms with Crippen molar-refractivity contribution in [3.8, 4) is 0 Å². The third-order valence-corrected chi connectivity index (χ3v) is 2.39. The van der Waals surface area contributed by atoms with Crippen LogP contribution in [0.5, 0.6) is 0 Å². The molecule has 1 aliphatic rings. The fraction of sp³-hybridized carbons (Fsp3) is 0.857. The highest BCUT2D eigenvalue weighted by molar-refractivity contribution is 6.66. The first-order valence-corrected chi connectivity index (χ1v) is 4.84. The molecule has 1 heterocycles. The van der Waals surface area contributed by atoms with Gasteiger partial charge in [0.2, 0.25) is 0 Å². The molecular formula is C7H18B2N4O2. The highest BCUT2D eigenvalue weighted by Gasteiger charge is 2.46. The van der Waals surface area contributed by atoms with Crippen LogP contribution in [0.2, 0.25) is 0 Å². The maximum absolute atomic E-state index is 11.9. The Morgan fingerprint density at radius 1 is 1.00 bits per heavy atom. The van der Waals surface area contributed by atoms with Gasteiger partial charge in [0.05, 0.1) is 0 Å². The summed E-state index contributed by atoms with van der Waals surface area (Å²) in [4.78, 5) is 18.7. The molecule has 0 N–H and O–H groups in total. The lowest BCUT2D eigenvalue weighted by Gasteiger charge is -2.42. The second-order valence-corrected chi connectivity index (χ2v) is 4.22. The van der Waals surface area contributed by atoms with Crippen molar-refractivity contribution in [3.05, 3.63) is 0 Å². The number of nitrogens with zero attached hydrogens (tertiary/aromatic N) is 4. The van der Waals surface area contributed by atoms with E-state index in [9.17, 15) is 4.79 Å². The molecule has 15 heavy (non-hydrogen) atoms. The summed E-state index contributed by atoms with van der Waals surface area (Å²) in [5, 5.41) is 0. The van der Waals surface area contributed by atoms with Gasteiger partial charge in [-0.3, -0.25) is 4.79 Å². The minimum Gasteiger partial charge on any atom is -0.433 e. The van der Waals surface area contributed by atoms with Crippen molar-refractivity contribution in [3.63, 3.8) is 0 Å². The van der Waals surface area contributed by atoms with E-state index in [2.05, 4.69) is 0 Å². The van der Waals surface area contributed by atoms with E-state index in [1.54, 1.807) is 23.7 Å². The molecule has 0 saturated carbocycles. The van der Waals surface area contributed by atoms with E-state index in [4.69, 9.17) is 4.57 Å². The van der Waals surface area contributed by atoms with Crippen LogP contribution in [0.3, 0.4) is 0 Å². The van der Waals surface area contributed by atoms with Crippen molar-refractivity contribution in [2.24, 2.45) is 0 Å². The zero-order chi connectivity index (χ0) is 11.7. The number of rotatable bonds is 2. The van der Waals surface area contributed by atoms with Crippen LogP contribution in [0.4, 0.5) is 4.79 Å². The Hall–Kier alpha value is -0.720. The number of carbonyl (C=O) groups is 1. The highest BCUT2D eigenvalue weighted by atomic mass is 16.4. The van der Waals surface area contributed by atoms with E-state index in [1.165, 1.54) is 0 Å². The van der Waals surface area contributed by atoms with Crippen LogP contribution in [0.1, 0.15) is 0 Å². The molecule has 1 rings (SSSR count). The van der Waals surface area contributed by atoms with Gasteiger partial charge in [-0.05, 0) is 28.2 Å². The molecule has 0 bridgehead atoms. The van der Waals surface area contributed by atoms with Gasteiger partial charge < -0.3 is 23.8 Å². The third kappa shape index (κ3) is 2.27. The summed E-state index contributed by atoms with van der Waals surface area (Å²) in [6.07, 6.45) is 0. The average Bonchev–Trinajstić information content (AvgIpc) is 2.13. The Morgan fingerprint density at radius 3 is 1.60 bits per heavy atom. The number of amides is 2. The molecule has 0 aromatic heterocycles. The van der Waals surface area contributed by atoms with Gasteiger partial charge in [-0.25, -0.2) is 0 Å². The smallest absolute Gasteiger partial charge is 0.433 e. The van der Waals surface area contributed by atoms with Gasteiger partial charge >= 0.3 is 20.4 Å². The van der Waals surface area contributed by atoms with Crippen LogP contribution in [-0.4, -0.2) is 81.9 Å². The van der Waals surface area contributed by atoms with E-state index in [-0.39, 0.29) is 20.4 Å². The van der Waals surface area contributed by atoms with E-state index in [0.29, 0.717) is 0 Å². The predicted molar refractivity (Wildman–Crippen MR) is 60.9 cm³/mol. The van der Waals surface area contributed by atoms with Gasteiger partial charge in [-0.2, -0.15) is 0 Å². The van der Waals surface area contributed by atoms with Gasteiger partial charge in [0, 0.05) is 14.1 Å². The molecule has 0 aromatic rings. The molecule has 0 aliphatic carbocycles. The van der Waals surface area contributed by atoms with Gasteiger partial charge in [0.25, 0.3) is 0 Å². The van der Waals surface area contributed by atoms with E-state index < -0.39 is 0 Å². The van der Waals surface area contributed by atoms with Crippen molar-refractivity contribution >= 4 is 20.4 Å². The van der Waals surface area contributed by atoms with Crippen LogP contribution >= 0.6 is 0 Å². The summed E-state index contributed by atoms with van der Waals surface area (Å²) >= 11 is 0. The summed E-state index contributed by atoms with van der Waals surface area (Å²) in [6, 6.07) is -0.0429. The average molecular weight is 212 g/mol. The van der Waals surface area contributed by atoms with Crippen LogP contribution in [0.25, 0.3) is 0 Å². The molecule has 0 aromatic carbocycles. The summed E-state index contributed by atoms with van der Waals surface area (Å²) < 4.78 is 5.79. The van der Waals surface area contributed by atoms with Crippen molar-refractivity contribution in [1.82, 2.24) is 19.2 Å². The second kappa shape index (κ2) is 4.42. The van der Waals surface area contributed by atoms with Crippen LogP contribution in [-0.2, 0) is 4.57 Å². The first-order valence-electron chi connectivity index (χ1n) is 4.84. The van der Waals surface area contributed by atoms with Crippen LogP contribution in [0.15, 0.2) is 0 Å². The van der Waals surface area contributed by atoms with Crippen LogP contribution < -0.4 is 0 Å². The van der Waals surface area contributed by atoms with Crippen molar-refractivity contribution < 1.29 is 9.37 Å². The largest absolute Gasteiger partial charge is 0.503 e. The van der Waals surface area contributed by atoms with Gasteiger partial charge in [-0.15, -0.1) is 0 Å². The Kier molecular flexibility index (Phi) is 3.64. The SMILES string of the molecule is CN(C)B1OB(N(C)C)N(C)C(=O)N1C. The Bertz CT molecular complexity index is 229. The third-order valence-electron chi connectivity index (χ3n) is 2.39. The topological polar surface area (TPSA) is 39.3 Å². The number of hydrogen-bond donors (Lipinski definition) is 0. The summed E-state index contributed by atoms with van der Waals surface area (Å²) in [5.74, 6) is 0. The zero-order valence-corrected chi connectivity index (χ0v) is 10.3. The first-order chi connectivity index (χ1) is 6.86.